The van der Waals surface area contributed by atoms with E-state index < -0.39 is 6.10 Å². The molecule has 2 aromatic rings. The highest BCUT2D eigenvalue weighted by molar-refractivity contribution is 5.76. The third kappa shape index (κ3) is 5.58. The van der Waals surface area contributed by atoms with Gasteiger partial charge in [0.25, 0.3) is 0 Å². The van der Waals surface area contributed by atoms with E-state index in [-0.39, 0.29) is 23.8 Å². The van der Waals surface area contributed by atoms with E-state index in [1.807, 2.05) is 18.2 Å². The van der Waals surface area contributed by atoms with Gasteiger partial charge in [-0.2, -0.15) is 0 Å². The fourth-order valence-electron chi connectivity index (χ4n) is 3.93. The fraction of sp³-hybridized carbons (Fsp3) is 0.458. The largest absolute Gasteiger partial charge is 0.491 e. The van der Waals surface area contributed by atoms with Crippen LogP contribution in [0.5, 0.6) is 5.75 Å². The smallest absolute Gasteiger partial charge is 0.220 e. The molecule has 5 nitrogen and oxygen atoms in total. The van der Waals surface area contributed by atoms with Crippen molar-refractivity contribution in [2.75, 3.05) is 26.2 Å². The molecular weight excluding hydrogens is 364 g/mol. The van der Waals surface area contributed by atoms with Gasteiger partial charge < -0.3 is 20.5 Å². The molecule has 1 saturated heterocycles. The molecule has 1 amide bonds. The maximum atomic E-state index is 11.2. The second-order valence-electron chi connectivity index (χ2n) is 8.46. The normalized spacial score (nSPS) is 17.1. The van der Waals surface area contributed by atoms with Crippen LogP contribution in [0.4, 0.5) is 0 Å². The summed E-state index contributed by atoms with van der Waals surface area (Å²) >= 11 is 0. The molecule has 5 heteroatoms. The number of likely N-dealkylation sites (tertiary alicyclic amines) is 1. The van der Waals surface area contributed by atoms with Gasteiger partial charge in [-0.15, -0.1) is 0 Å². The SMILES string of the molecule is CC(C)(c1ccccc1)c1ccc(OC[C@H](O)CN2CCC(C(N)=O)CC2)cc1. The summed E-state index contributed by atoms with van der Waals surface area (Å²) in [5, 5.41) is 10.3. The van der Waals surface area contributed by atoms with Crippen LogP contribution in [-0.4, -0.2) is 48.3 Å². The second kappa shape index (κ2) is 9.42. The second-order valence-corrected chi connectivity index (χ2v) is 8.46. The molecule has 0 bridgehead atoms. The van der Waals surface area contributed by atoms with Crippen molar-refractivity contribution >= 4 is 5.91 Å². The third-order valence-corrected chi connectivity index (χ3v) is 5.97. The first-order chi connectivity index (χ1) is 13.9. The van der Waals surface area contributed by atoms with Crippen LogP contribution >= 0.6 is 0 Å². The Bertz CT molecular complexity index is 782. The van der Waals surface area contributed by atoms with Crippen molar-refractivity contribution in [2.24, 2.45) is 11.7 Å². The first-order valence-electron chi connectivity index (χ1n) is 10.3. The van der Waals surface area contributed by atoms with E-state index in [0.717, 1.165) is 31.7 Å². The minimum Gasteiger partial charge on any atom is -0.491 e. The number of primary amides is 1. The lowest BCUT2D eigenvalue weighted by Crippen LogP contribution is -2.43. The van der Waals surface area contributed by atoms with Crippen LogP contribution in [-0.2, 0) is 10.2 Å². The topological polar surface area (TPSA) is 75.8 Å². The molecule has 3 rings (SSSR count). The molecular formula is C24H32N2O3. The van der Waals surface area contributed by atoms with E-state index in [9.17, 15) is 9.90 Å². The number of aliphatic hydroxyl groups is 1. The Morgan fingerprint density at radius 3 is 2.28 bits per heavy atom. The lowest BCUT2D eigenvalue weighted by atomic mass is 9.78. The van der Waals surface area contributed by atoms with Gasteiger partial charge in [-0.1, -0.05) is 56.3 Å². The number of aliphatic hydroxyl groups excluding tert-OH is 1. The molecule has 3 N–H and O–H groups in total. The minimum atomic E-state index is -0.569. The zero-order valence-electron chi connectivity index (χ0n) is 17.4. The van der Waals surface area contributed by atoms with Crippen molar-refractivity contribution in [3.8, 4) is 5.75 Å². The Labute approximate surface area is 173 Å². The predicted octanol–water partition coefficient (Wildman–Crippen LogP) is 2.95. The van der Waals surface area contributed by atoms with Gasteiger partial charge in [0, 0.05) is 17.9 Å². The fourth-order valence-corrected chi connectivity index (χ4v) is 3.93. The highest BCUT2D eigenvalue weighted by Crippen LogP contribution is 2.32. The summed E-state index contributed by atoms with van der Waals surface area (Å²) in [6.07, 6.45) is 0.962. The number of carbonyl (C=O) groups is 1. The molecule has 0 saturated carbocycles. The number of β-amino-alcohol motifs (C(OH)–C–C–N with tert-alkyl or cyclic N) is 1. The van der Waals surface area contributed by atoms with Gasteiger partial charge >= 0.3 is 0 Å². The van der Waals surface area contributed by atoms with Gasteiger partial charge in [-0.3, -0.25) is 4.79 Å². The summed E-state index contributed by atoms with van der Waals surface area (Å²) in [7, 11) is 0. The molecule has 0 radical (unpaired) electrons. The molecule has 1 heterocycles. The van der Waals surface area contributed by atoms with Crippen molar-refractivity contribution in [3.05, 3.63) is 65.7 Å². The van der Waals surface area contributed by atoms with Crippen LogP contribution in [0.2, 0.25) is 0 Å². The van der Waals surface area contributed by atoms with E-state index in [1.54, 1.807) is 0 Å². The molecule has 0 aliphatic carbocycles. The average molecular weight is 397 g/mol. The Kier molecular flexibility index (Phi) is 6.93. The standard InChI is InChI=1S/C24H32N2O3/c1-24(2,19-6-4-3-5-7-19)20-8-10-22(11-9-20)29-17-21(27)16-26-14-12-18(13-15-26)23(25)28/h3-11,18,21,27H,12-17H2,1-2H3,(H2,25,28)/t21-/m1/s1. The van der Waals surface area contributed by atoms with Crippen molar-refractivity contribution in [1.82, 2.24) is 4.90 Å². The number of amides is 1. The molecule has 2 aromatic carbocycles. The number of piperidine rings is 1. The summed E-state index contributed by atoms with van der Waals surface area (Å²) in [6.45, 7) is 6.79. The molecule has 29 heavy (non-hydrogen) atoms. The number of hydrogen-bond acceptors (Lipinski definition) is 4. The van der Waals surface area contributed by atoms with Crippen LogP contribution in [0.3, 0.4) is 0 Å². The molecule has 1 fully saturated rings. The van der Waals surface area contributed by atoms with Gasteiger partial charge in [-0.25, -0.2) is 0 Å². The van der Waals surface area contributed by atoms with E-state index >= 15 is 0 Å². The van der Waals surface area contributed by atoms with Crippen LogP contribution in [0.25, 0.3) is 0 Å². The van der Waals surface area contributed by atoms with Crippen molar-refractivity contribution in [3.63, 3.8) is 0 Å². The van der Waals surface area contributed by atoms with Crippen molar-refractivity contribution in [2.45, 2.75) is 38.2 Å². The van der Waals surface area contributed by atoms with Gasteiger partial charge in [0.2, 0.25) is 5.91 Å². The molecule has 1 atom stereocenters. The molecule has 1 aliphatic heterocycles. The van der Waals surface area contributed by atoms with Crippen molar-refractivity contribution in [1.29, 1.82) is 0 Å². The summed E-state index contributed by atoms with van der Waals surface area (Å²) in [5.41, 5.74) is 7.77. The number of nitrogens with two attached hydrogens (primary N) is 1. The van der Waals surface area contributed by atoms with E-state index in [0.29, 0.717) is 6.54 Å². The first-order valence-corrected chi connectivity index (χ1v) is 10.3. The average Bonchev–Trinajstić information content (AvgIpc) is 2.73. The Morgan fingerprint density at radius 2 is 1.69 bits per heavy atom. The number of hydrogen-bond donors (Lipinski definition) is 2. The van der Waals surface area contributed by atoms with Gasteiger partial charge in [-0.05, 0) is 49.2 Å². The summed E-state index contributed by atoms with van der Waals surface area (Å²) in [6, 6.07) is 18.5. The van der Waals surface area contributed by atoms with Gasteiger partial charge in [0.1, 0.15) is 18.5 Å². The van der Waals surface area contributed by atoms with E-state index in [2.05, 4.69) is 55.1 Å². The van der Waals surface area contributed by atoms with Gasteiger partial charge in [0.05, 0.1) is 0 Å². The quantitative estimate of drug-likeness (QED) is 0.719. The highest BCUT2D eigenvalue weighted by atomic mass is 16.5. The third-order valence-electron chi connectivity index (χ3n) is 5.97. The maximum absolute atomic E-state index is 11.2. The molecule has 156 valence electrons. The number of nitrogens with zero attached hydrogens (tertiary/aromatic N) is 1. The number of benzene rings is 2. The van der Waals surface area contributed by atoms with Crippen LogP contribution in [0.1, 0.15) is 37.8 Å². The predicted molar refractivity (Wildman–Crippen MR) is 115 cm³/mol. The van der Waals surface area contributed by atoms with Crippen LogP contribution < -0.4 is 10.5 Å². The van der Waals surface area contributed by atoms with E-state index in [4.69, 9.17) is 10.5 Å². The summed E-state index contributed by atoms with van der Waals surface area (Å²) < 4.78 is 5.79. The number of carbonyl (C=O) groups excluding carboxylic acids is 1. The number of ether oxygens (including phenoxy) is 1. The zero-order chi connectivity index (χ0) is 20.9. The van der Waals surface area contributed by atoms with Crippen molar-refractivity contribution < 1.29 is 14.6 Å². The van der Waals surface area contributed by atoms with Gasteiger partial charge in [0.15, 0.2) is 0 Å². The minimum absolute atomic E-state index is 0.0294. The number of rotatable bonds is 8. The van der Waals surface area contributed by atoms with Crippen LogP contribution in [0.15, 0.2) is 54.6 Å². The zero-order valence-corrected chi connectivity index (χ0v) is 17.4. The summed E-state index contributed by atoms with van der Waals surface area (Å²) in [4.78, 5) is 13.4. The first kappa shape index (κ1) is 21.3. The lowest BCUT2D eigenvalue weighted by molar-refractivity contribution is -0.123. The molecule has 0 spiro atoms. The maximum Gasteiger partial charge on any atom is 0.220 e. The Hall–Kier alpha value is -2.37. The molecule has 0 aromatic heterocycles. The van der Waals surface area contributed by atoms with E-state index in [1.165, 1.54) is 11.1 Å². The molecule has 1 aliphatic rings. The van der Waals surface area contributed by atoms with Crippen LogP contribution in [0, 0.1) is 5.92 Å². The lowest BCUT2D eigenvalue weighted by Gasteiger charge is -2.31. The monoisotopic (exact) mass is 396 g/mol. The Balaban J connectivity index is 1.48. The molecule has 0 unspecified atom stereocenters. The Morgan fingerprint density at radius 1 is 1.10 bits per heavy atom. The summed E-state index contributed by atoms with van der Waals surface area (Å²) in [5.74, 6) is 0.509. The highest BCUT2D eigenvalue weighted by Gasteiger charge is 2.25.